The van der Waals surface area contributed by atoms with Gasteiger partial charge in [0.15, 0.2) is 9.84 Å². The van der Waals surface area contributed by atoms with Gasteiger partial charge in [0, 0.05) is 0 Å². The lowest BCUT2D eigenvalue weighted by Crippen LogP contribution is -2.22. The van der Waals surface area contributed by atoms with Crippen molar-refractivity contribution in [2.45, 2.75) is 19.1 Å². The Kier molecular flexibility index (Phi) is 6.31. The highest BCUT2D eigenvalue weighted by Gasteiger charge is 2.16. The van der Waals surface area contributed by atoms with Crippen LogP contribution in [0.4, 0.5) is 4.39 Å². The molecule has 1 aromatic rings. The lowest BCUT2D eigenvalue weighted by Gasteiger charge is -2.10. The lowest BCUT2D eigenvalue weighted by molar-refractivity contribution is 0.339. The standard InChI is InChI=1S/C14H16ClFO3S/c1-11(2)20(17,18)9-8-19-14-6-5-13(16)10-12(14)4-3-7-15/h5-6,10-11H,7-9H2,1-2H3. The van der Waals surface area contributed by atoms with Crippen molar-refractivity contribution in [3.05, 3.63) is 29.6 Å². The summed E-state index contributed by atoms with van der Waals surface area (Å²) in [6, 6.07) is 3.89. The zero-order valence-electron chi connectivity index (χ0n) is 11.3. The number of halogens is 2. The molecule has 0 radical (unpaired) electrons. The molecule has 6 heteroatoms. The van der Waals surface area contributed by atoms with E-state index in [4.69, 9.17) is 16.3 Å². The van der Waals surface area contributed by atoms with E-state index in [1.807, 2.05) is 0 Å². The minimum atomic E-state index is -3.16. The molecule has 0 unspecified atom stereocenters. The van der Waals surface area contributed by atoms with Crippen LogP contribution in [0.25, 0.3) is 0 Å². The summed E-state index contributed by atoms with van der Waals surface area (Å²) >= 11 is 5.46. The average molecular weight is 319 g/mol. The van der Waals surface area contributed by atoms with Crippen LogP contribution >= 0.6 is 11.6 Å². The molecule has 0 saturated carbocycles. The van der Waals surface area contributed by atoms with E-state index in [0.29, 0.717) is 11.3 Å². The molecular formula is C14H16ClFO3S. The van der Waals surface area contributed by atoms with Gasteiger partial charge < -0.3 is 4.74 Å². The van der Waals surface area contributed by atoms with Crippen molar-refractivity contribution in [2.75, 3.05) is 18.2 Å². The first-order valence-electron chi connectivity index (χ1n) is 6.05. The van der Waals surface area contributed by atoms with Gasteiger partial charge in [-0.25, -0.2) is 12.8 Å². The van der Waals surface area contributed by atoms with Crippen LogP contribution in [0.2, 0.25) is 0 Å². The maximum Gasteiger partial charge on any atom is 0.155 e. The molecule has 0 aliphatic carbocycles. The van der Waals surface area contributed by atoms with Crippen LogP contribution in [0.3, 0.4) is 0 Å². The number of hydrogen-bond acceptors (Lipinski definition) is 3. The summed E-state index contributed by atoms with van der Waals surface area (Å²) in [5, 5.41) is -0.449. The van der Waals surface area contributed by atoms with Gasteiger partial charge in [0.2, 0.25) is 0 Å². The predicted molar refractivity (Wildman–Crippen MR) is 78.4 cm³/mol. The van der Waals surface area contributed by atoms with Crippen molar-refractivity contribution in [2.24, 2.45) is 0 Å². The molecule has 110 valence electrons. The number of hydrogen-bond donors (Lipinski definition) is 0. The Bertz CT molecular complexity index is 615. The molecule has 1 aromatic carbocycles. The average Bonchev–Trinajstić information content (AvgIpc) is 2.38. The molecule has 20 heavy (non-hydrogen) atoms. The summed E-state index contributed by atoms with van der Waals surface area (Å²) in [6.45, 7) is 3.23. The molecular weight excluding hydrogens is 303 g/mol. The predicted octanol–water partition coefficient (Wildman–Crippen LogP) is 2.62. The van der Waals surface area contributed by atoms with Crippen LogP contribution in [0.15, 0.2) is 18.2 Å². The molecule has 0 aliphatic heterocycles. The Morgan fingerprint density at radius 2 is 2.10 bits per heavy atom. The summed E-state index contributed by atoms with van der Waals surface area (Å²) < 4.78 is 41.8. The van der Waals surface area contributed by atoms with E-state index in [1.165, 1.54) is 18.2 Å². The summed E-state index contributed by atoms with van der Waals surface area (Å²) in [5.41, 5.74) is 0.354. The van der Waals surface area contributed by atoms with Gasteiger partial charge in [-0.2, -0.15) is 0 Å². The summed E-state index contributed by atoms with van der Waals surface area (Å²) in [4.78, 5) is 0. The largest absolute Gasteiger partial charge is 0.491 e. The van der Waals surface area contributed by atoms with Gasteiger partial charge in [-0.1, -0.05) is 11.8 Å². The van der Waals surface area contributed by atoms with Crippen LogP contribution in [0, 0.1) is 17.7 Å². The molecule has 0 aromatic heterocycles. The van der Waals surface area contributed by atoms with Crippen LogP contribution < -0.4 is 4.74 Å². The molecule has 0 fully saturated rings. The third-order valence-corrected chi connectivity index (χ3v) is 4.88. The normalized spacial score (nSPS) is 11.1. The summed E-state index contributed by atoms with van der Waals surface area (Å²) in [5.74, 6) is 5.23. The monoisotopic (exact) mass is 318 g/mol. The second kappa shape index (κ2) is 7.51. The van der Waals surface area contributed by atoms with Crippen molar-refractivity contribution in [3.8, 4) is 17.6 Å². The second-order valence-corrected chi connectivity index (χ2v) is 7.28. The quantitative estimate of drug-likeness (QED) is 0.619. The zero-order valence-corrected chi connectivity index (χ0v) is 12.9. The third-order valence-electron chi connectivity index (χ3n) is 2.58. The van der Waals surface area contributed by atoms with Crippen LogP contribution in [0.1, 0.15) is 19.4 Å². The molecule has 0 amide bonds. The fraction of sp³-hybridized carbons (Fsp3) is 0.429. The lowest BCUT2D eigenvalue weighted by atomic mass is 10.2. The Labute approximate surface area is 124 Å². The third kappa shape index (κ3) is 5.03. The van der Waals surface area contributed by atoms with E-state index in [1.54, 1.807) is 13.8 Å². The first kappa shape index (κ1) is 16.8. The molecule has 0 N–H and O–H groups in total. The van der Waals surface area contributed by atoms with E-state index in [9.17, 15) is 12.8 Å². The van der Waals surface area contributed by atoms with Gasteiger partial charge >= 0.3 is 0 Å². The highest BCUT2D eigenvalue weighted by molar-refractivity contribution is 7.91. The Morgan fingerprint density at radius 1 is 1.40 bits per heavy atom. The van der Waals surface area contributed by atoms with Crippen molar-refractivity contribution < 1.29 is 17.5 Å². The summed E-state index contributed by atoms with van der Waals surface area (Å²) in [7, 11) is -3.16. The molecule has 0 aliphatic rings. The highest BCUT2D eigenvalue weighted by atomic mass is 35.5. The summed E-state index contributed by atoms with van der Waals surface area (Å²) in [6.07, 6.45) is 0. The van der Waals surface area contributed by atoms with Crippen molar-refractivity contribution in [1.82, 2.24) is 0 Å². The Hall–Kier alpha value is -1.25. The van der Waals surface area contributed by atoms with Crippen LogP contribution in [-0.2, 0) is 9.84 Å². The number of sulfone groups is 1. The Morgan fingerprint density at radius 3 is 2.70 bits per heavy atom. The number of benzene rings is 1. The van der Waals surface area contributed by atoms with Gasteiger partial charge in [0.1, 0.15) is 18.2 Å². The number of ether oxygens (including phenoxy) is 1. The highest BCUT2D eigenvalue weighted by Crippen LogP contribution is 2.19. The molecule has 3 nitrogen and oxygen atoms in total. The van der Waals surface area contributed by atoms with Gasteiger partial charge in [-0.15, -0.1) is 11.6 Å². The topological polar surface area (TPSA) is 43.4 Å². The minimum absolute atomic E-state index is 0.00169. The van der Waals surface area contributed by atoms with Gasteiger partial charge in [-0.05, 0) is 32.0 Å². The van der Waals surface area contributed by atoms with Crippen molar-refractivity contribution >= 4 is 21.4 Å². The second-order valence-electron chi connectivity index (χ2n) is 4.34. The van der Waals surface area contributed by atoms with Crippen LogP contribution in [-0.4, -0.2) is 31.9 Å². The van der Waals surface area contributed by atoms with E-state index in [2.05, 4.69) is 11.8 Å². The van der Waals surface area contributed by atoms with Crippen molar-refractivity contribution in [3.63, 3.8) is 0 Å². The van der Waals surface area contributed by atoms with E-state index < -0.39 is 20.9 Å². The number of alkyl halides is 1. The van der Waals surface area contributed by atoms with E-state index >= 15 is 0 Å². The molecule has 0 heterocycles. The first-order valence-corrected chi connectivity index (χ1v) is 8.30. The SMILES string of the molecule is CC(C)S(=O)(=O)CCOc1ccc(F)cc1C#CCCl. The molecule has 1 rings (SSSR count). The molecule has 0 atom stereocenters. The fourth-order valence-electron chi connectivity index (χ4n) is 1.36. The maximum atomic E-state index is 13.1. The van der Waals surface area contributed by atoms with Crippen LogP contribution in [0.5, 0.6) is 5.75 Å². The van der Waals surface area contributed by atoms with Gasteiger partial charge in [0.25, 0.3) is 0 Å². The van der Waals surface area contributed by atoms with E-state index in [-0.39, 0.29) is 18.2 Å². The minimum Gasteiger partial charge on any atom is -0.491 e. The van der Waals surface area contributed by atoms with Gasteiger partial charge in [0.05, 0.1) is 22.4 Å². The number of rotatable bonds is 5. The molecule has 0 saturated heterocycles. The maximum absolute atomic E-state index is 13.1. The zero-order chi connectivity index (χ0) is 15.2. The molecule has 0 spiro atoms. The molecule has 0 bridgehead atoms. The smallest absolute Gasteiger partial charge is 0.155 e. The van der Waals surface area contributed by atoms with Gasteiger partial charge in [-0.3, -0.25) is 0 Å². The fourth-order valence-corrected chi connectivity index (χ4v) is 2.21. The van der Waals surface area contributed by atoms with E-state index in [0.717, 1.165) is 0 Å². The first-order chi connectivity index (χ1) is 9.36. The Balaban J connectivity index is 2.78. The van der Waals surface area contributed by atoms with Crippen molar-refractivity contribution in [1.29, 1.82) is 0 Å².